The summed E-state index contributed by atoms with van der Waals surface area (Å²) in [5, 5.41) is -0.180. The highest BCUT2D eigenvalue weighted by atomic mass is 35.5. The Labute approximate surface area is 105 Å². The molecule has 0 aliphatic heterocycles. The molecule has 1 aliphatic rings. The minimum Gasteiger partial charge on any atom is -0.281 e. The molecule has 0 bridgehead atoms. The highest BCUT2D eigenvalue weighted by molar-refractivity contribution is 6.63. The Bertz CT molecular complexity index is 187. The number of rotatable bonds is 11. The van der Waals surface area contributed by atoms with E-state index < -0.39 is 0 Å². The topological polar surface area (TPSA) is 17.1 Å². The monoisotopic (exact) mass is 244 g/mol. The van der Waals surface area contributed by atoms with Crippen LogP contribution in [0.3, 0.4) is 0 Å². The lowest BCUT2D eigenvalue weighted by Gasteiger charge is -2.01. The summed E-state index contributed by atoms with van der Waals surface area (Å²) in [6.07, 6.45) is 15.4. The molecule has 1 nitrogen and oxygen atoms in total. The molecule has 0 aromatic heterocycles. The Morgan fingerprint density at radius 2 is 1.38 bits per heavy atom. The largest absolute Gasteiger partial charge is 0.281 e. The summed E-state index contributed by atoms with van der Waals surface area (Å²) in [7, 11) is 0. The maximum atomic E-state index is 10.5. The van der Waals surface area contributed by atoms with Crippen LogP contribution >= 0.6 is 11.6 Å². The summed E-state index contributed by atoms with van der Waals surface area (Å²) >= 11 is 5.27. The number of carbonyl (C=O) groups is 1. The lowest BCUT2D eigenvalue weighted by molar-refractivity contribution is -0.111. The first-order valence-corrected chi connectivity index (χ1v) is 7.35. The van der Waals surface area contributed by atoms with Gasteiger partial charge in [0.1, 0.15) is 0 Å². The van der Waals surface area contributed by atoms with Gasteiger partial charge >= 0.3 is 0 Å². The molecule has 0 heterocycles. The van der Waals surface area contributed by atoms with Gasteiger partial charge < -0.3 is 0 Å². The van der Waals surface area contributed by atoms with Crippen LogP contribution < -0.4 is 0 Å². The van der Waals surface area contributed by atoms with Crippen molar-refractivity contribution < 1.29 is 4.79 Å². The average Bonchev–Trinajstić information content (AvgIpc) is 3.04. The van der Waals surface area contributed by atoms with Crippen LogP contribution in [0.4, 0.5) is 0 Å². The van der Waals surface area contributed by atoms with Gasteiger partial charge in [0, 0.05) is 6.42 Å². The van der Waals surface area contributed by atoms with Gasteiger partial charge in [0.2, 0.25) is 5.24 Å². The van der Waals surface area contributed by atoms with Crippen LogP contribution in [-0.4, -0.2) is 5.24 Å². The van der Waals surface area contributed by atoms with Crippen molar-refractivity contribution in [2.75, 3.05) is 0 Å². The fraction of sp³-hybridized carbons (Fsp3) is 0.929. The van der Waals surface area contributed by atoms with E-state index in [4.69, 9.17) is 11.6 Å². The number of unbranched alkanes of at least 4 members (excludes halogenated alkanes) is 7. The zero-order chi connectivity index (χ0) is 11.6. The van der Waals surface area contributed by atoms with Crippen LogP contribution in [-0.2, 0) is 4.79 Å². The molecule has 0 amide bonds. The second-order valence-electron chi connectivity index (χ2n) is 5.17. The Balaban J connectivity index is 1.66. The molecule has 0 aromatic rings. The summed E-state index contributed by atoms with van der Waals surface area (Å²) in [5.74, 6) is 1.10. The molecule has 0 spiro atoms. The van der Waals surface area contributed by atoms with Crippen molar-refractivity contribution in [2.45, 2.75) is 77.0 Å². The predicted molar refractivity (Wildman–Crippen MR) is 69.8 cm³/mol. The highest BCUT2D eigenvalue weighted by Crippen LogP contribution is 2.34. The van der Waals surface area contributed by atoms with Crippen molar-refractivity contribution >= 4 is 16.8 Å². The lowest BCUT2D eigenvalue weighted by atomic mass is 10.1. The smallest absolute Gasteiger partial charge is 0.221 e. The first-order valence-electron chi connectivity index (χ1n) is 6.97. The van der Waals surface area contributed by atoms with Gasteiger partial charge in [-0.2, -0.15) is 0 Å². The molecule has 0 unspecified atom stereocenters. The maximum Gasteiger partial charge on any atom is 0.221 e. The van der Waals surface area contributed by atoms with Crippen LogP contribution in [0, 0.1) is 5.92 Å². The molecule has 1 aliphatic carbocycles. The normalized spacial score (nSPS) is 15.3. The minimum absolute atomic E-state index is 0.180. The van der Waals surface area contributed by atoms with E-state index in [2.05, 4.69) is 0 Å². The van der Waals surface area contributed by atoms with Crippen molar-refractivity contribution in [3.63, 3.8) is 0 Å². The Morgan fingerprint density at radius 1 is 0.875 bits per heavy atom. The third-order valence-electron chi connectivity index (χ3n) is 3.43. The molecule has 1 rings (SSSR count). The summed E-state index contributed by atoms with van der Waals surface area (Å²) in [4.78, 5) is 10.5. The van der Waals surface area contributed by atoms with Gasteiger partial charge in [0.25, 0.3) is 0 Å². The molecule has 94 valence electrons. The van der Waals surface area contributed by atoms with Gasteiger partial charge in [-0.3, -0.25) is 4.79 Å². The SMILES string of the molecule is O=C(Cl)CCCCCCCCCCC1CC1. The standard InChI is InChI=1S/C14H25ClO/c15-14(16)10-8-6-4-2-1-3-5-7-9-13-11-12-13/h13H,1-12H2. The van der Waals surface area contributed by atoms with E-state index in [0.717, 1.165) is 12.3 Å². The fourth-order valence-corrected chi connectivity index (χ4v) is 2.30. The van der Waals surface area contributed by atoms with Crippen molar-refractivity contribution in [3.05, 3.63) is 0 Å². The van der Waals surface area contributed by atoms with Crippen molar-refractivity contribution in [2.24, 2.45) is 5.92 Å². The third kappa shape index (κ3) is 9.21. The second kappa shape index (κ2) is 9.04. The zero-order valence-electron chi connectivity index (χ0n) is 10.3. The highest BCUT2D eigenvalue weighted by Gasteiger charge is 2.19. The van der Waals surface area contributed by atoms with Crippen molar-refractivity contribution in [1.82, 2.24) is 0 Å². The first kappa shape index (κ1) is 14.0. The Kier molecular flexibility index (Phi) is 7.92. The molecular weight excluding hydrogens is 220 g/mol. The fourth-order valence-electron chi connectivity index (χ4n) is 2.16. The van der Waals surface area contributed by atoms with Gasteiger partial charge in [-0.05, 0) is 23.9 Å². The van der Waals surface area contributed by atoms with Gasteiger partial charge in [0.15, 0.2) is 0 Å². The van der Waals surface area contributed by atoms with Crippen molar-refractivity contribution in [1.29, 1.82) is 0 Å². The Morgan fingerprint density at radius 3 is 1.88 bits per heavy atom. The van der Waals surface area contributed by atoms with Crippen LogP contribution in [0.15, 0.2) is 0 Å². The van der Waals surface area contributed by atoms with E-state index in [1.54, 1.807) is 0 Å². The minimum atomic E-state index is -0.180. The van der Waals surface area contributed by atoms with Crippen molar-refractivity contribution in [3.8, 4) is 0 Å². The molecule has 0 radical (unpaired) electrons. The molecule has 16 heavy (non-hydrogen) atoms. The van der Waals surface area contributed by atoms with E-state index in [-0.39, 0.29) is 5.24 Å². The molecular formula is C14H25ClO. The number of hydrogen-bond acceptors (Lipinski definition) is 1. The average molecular weight is 245 g/mol. The van der Waals surface area contributed by atoms with Crippen LogP contribution in [0.25, 0.3) is 0 Å². The van der Waals surface area contributed by atoms with E-state index in [0.29, 0.717) is 6.42 Å². The molecule has 0 saturated heterocycles. The van der Waals surface area contributed by atoms with E-state index in [9.17, 15) is 4.79 Å². The van der Waals surface area contributed by atoms with Crippen LogP contribution in [0.5, 0.6) is 0 Å². The van der Waals surface area contributed by atoms with E-state index in [1.807, 2.05) is 0 Å². The summed E-state index contributed by atoms with van der Waals surface area (Å²) in [6, 6.07) is 0. The van der Waals surface area contributed by atoms with E-state index in [1.165, 1.54) is 64.2 Å². The quantitative estimate of drug-likeness (QED) is 0.367. The molecule has 0 N–H and O–H groups in total. The van der Waals surface area contributed by atoms with E-state index >= 15 is 0 Å². The zero-order valence-corrected chi connectivity index (χ0v) is 11.1. The molecule has 2 heteroatoms. The Hall–Kier alpha value is -0.0400. The second-order valence-corrected chi connectivity index (χ2v) is 5.59. The summed E-state index contributed by atoms with van der Waals surface area (Å²) in [6.45, 7) is 0. The summed E-state index contributed by atoms with van der Waals surface area (Å²) in [5.41, 5.74) is 0. The number of hydrogen-bond donors (Lipinski definition) is 0. The van der Waals surface area contributed by atoms with Gasteiger partial charge in [0.05, 0.1) is 0 Å². The number of carbonyl (C=O) groups excluding carboxylic acids is 1. The van der Waals surface area contributed by atoms with Crippen LogP contribution in [0.2, 0.25) is 0 Å². The third-order valence-corrected chi connectivity index (χ3v) is 3.62. The van der Waals surface area contributed by atoms with Gasteiger partial charge in [-0.15, -0.1) is 0 Å². The molecule has 0 atom stereocenters. The molecule has 1 saturated carbocycles. The van der Waals surface area contributed by atoms with Gasteiger partial charge in [-0.1, -0.05) is 64.2 Å². The predicted octanol–water partition coefficient (Wildman–Crippen LogP) is 5.06. The van der Waals surface area contributed by atoms with Gasteiger partial charge in [-0.25, -0.2) is 0 Å². The maximum absolute atomic E-state index is 10.5. The number of halogens is 1. The summed E-state index contributed by atoms with van der Waals surface area (Å²) < 4.78 is 0. The first-order chi connectivity index (χ1) is 7.79. The lowest BCUT2D eigenvalue weighted by Crippen LogP contribution is -1.86. The molecule has 1 fully saturated rings. The molecule has 0 aromatic carbocycles. The van der Waals surface area contributed by atoms with Crippen LogP contribution in [0.1, 0.15) is 77.0 Å².